The van der Waals surface area contributed by atoms with E-state index in [-0.39, 0.29) is 5.92 Å². The van der Waals surface area contributed by atoms with Crippen LogP contribution in [-0.4, -0.2) is 43.9 Å². The zero-order valence-electron chi connectivity index (χ0n) is 24.2. The highest BCUT2D eigenvalue weighted by molar-refractivity contribution is 7.90. The maximum Gasteiger partial charge on any atom is 0.264 e. The molecule has 2 aromatic carbocycles. The molecule has 2 aliphatic carbocycles. The second kappa shape index (κ2) is 11.9. The van der Waals surface area contributed by atoms with E-state index >= 15 is 0 Å². The number of hydrogen-bond donors (Lipinski definition) is 2. The Kier molecular flexibility index (Phi) is 8.33. The lowest BCUT2D eigenvalue weighted by molar-refractivity contribution is 0.0460. The van der Waals surface area contributed by atoms with Gasteiger partial charge >= 0.3 is 0 Å². The zero-order valence-corrected chi connectivity index (χ0v) is 25.8. The molecule has 2 aromatic rings. The lowest BCUT2D eigenvalue weighted by Gasteiger charge is -2.42. The molecule has 2 fully saturated rings. The normalized spacial score (nSPS) is 32.1. The first-order valence-corrected chi connectivity index (χ1v) is 17.3. The zero-order chi connectivity index (χ0) is 29.5. The summed E-state index contributed by atoms with van der Waals surface area (Å²) in [5.41, 5.74) is 2.84. The van der Waals surface area contributed by atoms with Crippen molar-refractivity contribution < 1.29 is 23.1 Å². The number of nitrogens with one attached hydrogen (secondary N) is 1. The second-order valence-corrected chi connectivity index (χ2v) is 15.2. The highest BCUT2D eigenvalue weighted by Gasteiger charge is 2.46. The quantitative estimate of drug-likeness (QED) is 0.353. The van der Waals surface area contributed by atoms with Gasteiger partial charge in [-0.15, -0.1) is 0 Å². The molecule has 4 aliphatic rings. The average molecular weight is 613 g/mol. The second-order valence-electron chi connectivity index (χ2n) is 12.9. The molecule has 0 unspecified atom stereocenters. The first-order chi connectivity index (χ1) is 20.1. The summed E-state index contributed by atoms with van der Waals surface area (Å²) in [4.78, 5) is 15.8. The third-order valence-corrected chi connectivity index (χ3v) is 12.4. The molecule has 2 aliphatic heterocycles. The van der Waals surface area contributed by atoms with Crippen LogP contribution in [0.25, 0.3) is 0 Å². The highest BCUT2D eigenvalue weighted by Crippen LogP contribution is 2.46. The van der Waals surface area contributed by atoms with Gasteiger partial charge in [-0.2, -0.15) is 0 Å². The third kappa shape index (κ3) is 5.95. The van der Waals surface area contributed by atoms with Crippen LogP contribution in [0.1, 0.15) is 79.8 Å². The van der Waals surface area contributed by atoms with Gasteiger partial charge in [0.25, 0.3) is 5.91 Å². The summed E-state index contributed by atoms with van der Waals surface area (Å²) in [6, 6.07) is 11.1. The fourth-order valence-electron chi connectivity index (χ4n) is 7.48. The molecule has 0 aromatic heterocycles. The Morgan fingerprint density at radius 2 is 1.93 bits per heavy atom. The Morgan fingerprint density at radius 3 is 2.74 bits per heavy atom. The average Bonchev–Trinajstić information content (AvgIpc) is 3.31. The van der Waals surface area contributed by atoms with Gasteiger partial charge in [-0.25, -0.2) is 13.1 Å². The third-order valence-electron chi connectivity index (χ3n) is 10.1. The van der Waals surface area contributed by atoms with Gasteiger partial charge < -0.3 is 14.7 Å². The molecule has 0 spiro atoms. The minimum absolute atomic E-state index is 0.144. The number of aliphatic hydroxyl groups excluding tert-OH is 1. The van der Waals surface area contributed by atoms with Crippen molar-refractivity contribution in [3.63, 3.8) is 0 Å². The van der Waals surface area contributed by atoms with Gasteiger partial charge in [0.05, 0.1) is 17.0 Å². The lowest BCUT2D eigenvalue weighted by Crippen LogP contribution is -2.44. The van der Waals surface area contributed by atoms with Gasteiger partial charge in [-0.05, 0) is 110 Å². The largest absolute Gasteiger partial charge is 0.487 e. The van der Waals surface area contributed by atoms with Crippen molar-refractivity contribution >= 4 is 33.2 Å². The number of benzene rings is 2. The summed E-state index contributed by atoms with van der Waals surface area (Å²) in [7, 11) is -3.92. The van der Waals surface area contributed by atoms with Gasteiger partial charge in [0, 0.05) is 23.7 Å². The van der Waals surface area contributed by atoms with Crippen LogP contribution in [0, 0.1) is 17.3 Å². The van der Waals surface area contributed by atoms with E-state index < -0.39 is 32.7 Å². The minimum Gasteiger partial charge on any atom is -0.487 e. The number of ether oxygens (including phenoxy) is 1. The van der Waals surface area contributed by atoms with Crippen molar-refractivity contribution in [1.29, 1.82) is 0 Å². The Morgan fingerprint density at radius 1 is 1.07 bits per heavy atom. The van der Waals surface area contributed by atoms with Crippen LogP contribution in [0.15, 0.2) is 48.6 Å². The van der Waals surface area contributed by atoms with Gasteiger partial charge in [-0.3, -0.25) is 4.79 Å². The van der Waals surface area contributed by atoms with Gasteiger partial charge in [0.15, 0.2) is 0 Å². The van der Waals surface area contributed by atoms with Crippen molar-refractivity contribution in [2.75, 3.05) is 18.0 Å². The molecule has 2 N–H and O–H groups in total. The number of anilines is 1. The Bertz CT molecular complexity index is 1480. The monoisotopic (exact) mass is 612 g/mol. The van der Waals surface area contributed by atoms with Gasteiger partial charge in [0.1, 0.15) is 12.4 Å². The summed E-state index contributed by atoms with van der Waals surface area (Å²) in [5.74, 6) is 0.489. The predicted molar refractivity (Wildman–Crippen MR) is 165 cm³/mol. The van der Waals surface area contributed by atoms with Crippen molar-refractivity contribution in [2.24, 2.45) is 17.3 Å². The van der Waals surface area contributed by atoms with Crippen LogP contribution < -0.4 is 14.4 Å². The number of nitrogens with zero attached hydrogens (tertiary/aromatic N) is 1. The SMILES string of the molecule is C[C@@]12C/C=C/[C@H](O)[C@@H]3CC[C@H]3CN3CCCCc4cc(Cl)ccc4COc4ccc(cc43)C(=O)NS(=O)(=O)[C@@H]1CCC2. The number of allylic oxidation sites excluding steroid dienone is 1. The molecule has 7 nitrogen and oxygen atoms in total. The molecule has 9 heteroatoms. The Labute approximate surface area is 254 Å². The fourth-order valence-corrected chi connectivity index (χ4v) is 9.63. The van der Waals surface area contributed by atoms with Gasteiger partial charge in [0.2, 0.25) is 10.0 Å². The molecular formula is C33H41ClN2O5S. The molecule has 1 amide bonds. The number of aliphatic hydroxyl groups is 1. The van der Waals surface area contributed by atoms with Crippen LogP contribution >= 0.6 is 11.6 Å². The topological polar surface area (TPSA) is 95.9 Å². The van der Waals surface area contributed by atoms with Crippen LogP contribution in [0.2, 0.25) is 5.02 Å². The van der Waals surface area contributed by atoms with Crippen LogP contribution in [-0.2, 0) is 23.1 Å². The maximum absolute atomic E-state index is 13.6. The summed E-state index contributed by atoms with van der Waals surface area (Å²) >= 11 is 6.31. The van der Waals surface area contributed by atoms with E-state index in [1.807, 2.05) is 37.3 Å². The van der Waals surface area contributed by atoms with E-state index in [9.17, 15) is 18.3 Å². The number of carbonyl (C=O) groups excluding carboxylic acids is 1. The van der Waals surface area contributed by atoms with E-state index in [1.165, 1.54) is 5.56 Å². The standard InChI is InChI=1S/C33H41ClN2O5S/c1-33-15-4-7-29(37)27-13-10-24(27)20-36-17-3-2-6-22-18-26(34)12-9-25(22)21-41-30-14-11-23(19-28(30)36)32(38)35-42(39,40)31(33)8-5-16-33/h4,7,9,11-12,14,18-19,24,27,29,31,37H,2-3,5-6,8,10,13,15-17,20-21H2,1H3,(H,35,38)/b7-4+/t24-,27+,29-,31+,33-/m0/s1. The van der Waals surface area contributed by atoms with Crippen molar-refractivity contribution in [2.45, 2.75) is 82.7 Å². The summed E-state index contributed by atoms with van der Waals surface area (Å²) in [6.45, 7) is 3.84. The molecule has 0 radical (unpaired) electrons. The van der Waals surface area contributed by atoms with Crippen molar-refractivity contribution in [1.82, 2.24) is 4.72 Å². The summed E-state index contributed by atoms with van der Waals surface area (Å²) in [6.07, 6.45) is 10.7. The Hall–Kier alpha value is -2.55. The van der Waals surface area contributed by atoms with E-state index in [1.54, 1.807) is 18.2 Å². The number of sulfonamides is 1. The highest BCUT2D eigenvalue weighted by atomic mass is 35.5. The first kappa shape index (κ1) is 29.5. The molecule has 5 atom stereocenters. The molecule has 42 heavy (non-hydrogen) atoms. The van der Waals surface area contributed by atoms with Crippen molar-refractivity contribution in [3.05, 3.63) is 70.3 Å². The van der Waals surface area contributed by atoms with Crippen LogP contribution in [0.5, 0.6) is 5.75 Å². The van der Waals surface area contributed by atoms with Gasteiger partial charge in [-0.1, -0.05) is 43.2 Å². The summed E-state index contributed by atoms with van der Waals surface area (Å²) in [5, 5.41) is 11.2. The van der Waals surface area contributed by atoms with Crippen molar-refractivity contribution in [3.8, 4) is 5.75 Å². The molecule has 0 saturated heterocycles. The molecule has 2 heterocycles. The van der Waals surface area contributed by atoms with E-state index in [2.05, 4.69) is 9.62 Å². The van der Waals surface area contributed by atoms with Crippen LogP contribution in [0.4, 0.5) is 5.69 Å². The number of amides is 1. The van der Waals surface area contributed by atoms with E-state index in [0.29, 0.717) is 41.7 Å². The van der Waals surface area contributed by atoms with E-state index in [4.69, 9.17) is 16.3 Å². The fraction of sp³-hybridized carbons (Fsp3) is 0.545. The molecular weight excluding hydrogens is 572 g/mol. The number of aryl methyl sites for hydroxylation is 1. The number of hydrogen-bond acceptors (Lipinski definition) is 6. The first-order valence-electron chi connectivity index (χ1n) is 15.3. The van der Waals surface area contributed by atoms with E-state index in [0.717, 1.165) is 69.3 Å². The lowest BCUT2D eigenvalue weighted by atomic mass is 9.70. The molecule has 226 valence electrons. The number of carbonyl (C=O) groups is 1. The molecule has 2 saturated carbocycles. The smallest absolute Gasteiger partial charge is 0.264 e. The molecule has 6 rings (SSSR count). The maximum atomic E-state index is 13.6. The summed E-state index contributed by atoms with van der Waals surface area (Å²) < 4.78 is 36.0. The number of halogens is 1. The number of fused-ring (bicyclic) bond motifs is 4. The van der Waals surface area contributed by atoms with Crippen LogP contribution in [0.3, 0.4) is 0 Å². The molecule has 2 bridgehead atoms. The predicted octanol–water partition coefficient (Wildman–Crippen LogP) is 6.03. The minimum atomic E-state index is -3.92. The Balaban J connectivity index is 1.39. The number of rotatable bonds is 0.